The zero-order chi connectivity index (χ0) is 20.8. The number of nitrogens with one attached hydrogen (secondary N) is 3. The maximum absolute atomic E-state index is 12.1. The fourth-order valence-electron chi connectivity index (χ4n) is 3.12. The first kappa shape index (κ1) is 20.7. The first-order valence-electron chi connectivity index (χ1n) is 9.40. The van der Waals surface area contributed by atoms with Gasteiger partial charge in [0.1, 0.15) is 0 Å². The minimum atomic E-state index is -0.341. The van der Waals surface area contributed by atoms with Crippen LogP contribution < -0.4 is 20.9 Å². The summed E-state index contributed by atoms with van der Waals surface area (Å²) >= 11 is 6.04. The molecule has 0 bridgehead atoms. The molecule has 3 amide bonds. The van der Waals surface area contributed by atoms with E-state index in [9.17, 15) is 14.4 Å². The summed E-state index contributed by atoms with van der Waals surface area (Å²) in [6, 6.07) is 12.6. The van der Waals surface area contributed by atoms with Crippen LogP contribution in [0.2, 0.25) is 5.02 Å². The highest BCUT2D eigenvalue weighted by molar-refractivity contribution is 6.31. The van der Waals surface area contributed by atoms with Gasteiger partial charge in [0.15, 0.2) is 0 Å². The van der Waals surface area contributed by atoms with Gasteiger partial charge in [-0.05, 0) is 43.2 Å². The number of hydrogen-bond acceptors (Lipinski definition) is 4. The Labute approximate surface area is 174 Å². The number of anilines is 3. The number of nitrogens with zero attached hydrogens (tertiary/aromatic N) is 1. The molecule has 1 aliphatic heterocycles. The number of carbonyl (C=O) groups excluding carboxylic acids is 3. The number of amides is 3. The van der Waals surface area contributed by atoms with E-state index in [1.54, 1.807) is 23.1 Å². The van der Waals surface area contributed by atoms with E-state index in [2.05, 4.69) is 16.0 Å². The molecule has 0 spiro atoms. The summed E-state index contributed by atoms with van der Waals surface area (Å²) in [7, 11) is 0. The number of benzene rings is 2. The van der Waals surface area contributed by atoms with Gasteiger partial charge >= 0.3 is 0 Å². The van der Waals surface area contributed by atoms with Crippen LogP contribution in [-0.2, 0) is 14.4 Å². The summed E-state index contributed by atoms with van der Waals surface area (Å²) in [5.74, 6) is -0.589. The van der Waals surface area contributed by atoms with Gasteiger partial charge in [-0.25, -0.2) is 0 Å². The molecule has 2 aromatic rings. The molecule has 0 unspecified atom stereocenters. The van der Waals surface area contributed by atoms with Gasteiger partial charge in [-0.3, -0.25) is 14.4 Å². The Hall–Kier alpha value is -3.06. The first-order valence-corrected chi connectivity index (χ1v) is 9.78. The van der Waals surface area contributed by atoms with Crippen LogP contribution in [-0.4, -0.2) is 37.4 Å². The van der Waals surface area contributed by atoms with Crippen LogP contribution in [0.3, 0.4) is 0 Å². The first-order chi connectivity index (χ1) is 14.0. The lowest BCUT2D eigenvalue weighted by Gasteiger charge is -2.20. The molecule has 0 radical (unpaired) electrons. The second-order valence-corrected chi connectivity index (χ2v) is 7.16. The van der Waals surface area contributed by atoms with Crippen molar-refractivity contribution in [1.29, 1.82) is 0 Å². The molecule has 0 atom stereocenters. The third-order valence-corrected chi connectivity index (χ3v) is 5.11. The van der Waals surface area contributed by atoms with Gasteiger partial charge in [0, 0.05) is 23.7 Å². The molecule has 1 aliphatic rings. The van der Waals surface area contributed by atoms with E-state index in [4.69, 9.17) is 11.6 Å². The van der Waals surface area contributed by atoms with E-state index < -0.39 is 0 Å². The van der Waals surface area contributed by atoms with Crippen LogP contribution in [0, 0.1) is 6.92 Å². The molecule has 3 rings (SSSR count). The molecule has 0 aromatic heterocycles. The predicted molar refractivity (Wildman–Crippen MR) is 114 cm³/mol. The Morgan fingerprint density at radius 2 is 1.79 bits per heavy atom. The van der Waals surface area contributed by atoms with Crippen molar-refractivity contribution in [2.45, 2.75) is 19.8 Å². The fraction of sp³-hybridized carbons (Fsp3) is 0.286. The van der Waals surface area contributed by atoms with Crippen molar-refractivity contribution in [2.75, 3.05) is 35.2 Å². The number of halogens is 1. The zero-order valence-electron chi connectivity index (χ0n) is 16.1. The molecule has 1 fully saturated rings. The Balaban J connectivity index is 1.50. The van der Waals surface area contributed by atoms with E-state index >= 15 is 0 Å². The van der Waals surface area contributed by atoms with Crippen molar-refractivity contribution in [3.8, 4) is 0 Å². The SMILES string of the molecule is Cc1c(Cl)cccc1NC(=O)CNC(=O)CNc1ccccc1N1CCCC1=O. The van der Waals surface area contributed by atoms with Gasteiger partial charge < -0.3 is 20.9 Å². The maximum Gasteiger partial charge on any atom is 0.243 e. The highest BCUT2D eigenvalue weighted by Crippen LogP contribution is 2.29. The third-order valence-electron chi connectivity index (χ3n) is 4.70. The molecule has 3 N–H and O–H groups in total. The van der Waals surface area contributed by atoms with Crippen LogP contribution >= 0.6 is 11.6 Å². The van der Waals surface area contributed by atoms with Crippen molar-refractivity contribution in [3.63, 3.8) is 0 Å². The van der Waals surface area contributed by atoms with Crippen molar-refractivity contribution in [2.24, 2.45) is 0 Å². The molecule has 1 saturated heterocycles. The Morgan fingerprint density at radius 1 is 1.03 bits per heavy atom. The van der Waals surface area contributed by atoms with E-state index in [1.165, 1.54) is 0 Å². The molecular weight excluding hydrogens is 392 g/mol. The van der Waals surface area contributed by atoms with E-state index in [1.807, 2.05) is 31.2 Å². The molecule has 0 aliphatic carbocycles. The van der Waals surface area contributed by atoms with Gasteiger partial charge in [0.25, 0.3) is 0 Å². The standard InChI is InChI=1S/C21H23ClN4O3/c1-14-15(22)6-4-8-16(14)25-20(28)13-24-19(27)12-23-17-7-2-3-9-18(17)26-11-5-10-21(26)29/h2-4,6-9,23H,5,10-13H2,1H3,(H,24,27)(H,25,28). The largest absolute Gasteiger partial charge is 0.374 e. The third kappa shape index (κ3) is 5.26. The Morgan fingerprint density at radius 3 is 2.55 bits per heavy atom. The van der Waals surface area contributed by atoms with Crippen LogP contribution in [0.25, 0.3) is 0 Å². The molecule has 1 heterocycles. The molecular formula is C21H23ClN4O3. The van der Waals surface area contributed by atoms with Crippen molar-refractivity contribution in [3.05, 3.63) is 53.1 Å². The summed E-state index contributed by atoms with van der Waals surface area (Å²) in [5.41, 5.74) is 2.84. The average Bonchev–Trinajstić information content (AvgIpc) is 3.14. The number of rotatable bonds is 7. The molecule has 8 heteroatoms. The van der Waals surface area contributed by atoms with Crippen LogP contribution in [0.15, 0.2) is 42.5 Å². The monoisotopic (exact) mass is 414 g/mol. The summed E-state index contributed by atoms with van der Waals surface area (Å²) in [6.07, 6.45) is 1.37. The summed E-state index contributed by atoms with van der Waals surface area (Å²) in [4.78, 5) is 37.9. The number of carbonyl (C=O) groups is 3. The summed E-state index contributed by atoms with van der Waals surface area (Å²) < 4.78 is 0. The normalized spacial score (nSPS) is 13.3. The molecule has 0 saturated carbocycles. The van der Waals surface area contributed by atoms with Gasteiger partial charge in [-0.1, -0.05) is 29.8 Å². The minimum Gasteiger partial charge on any atom is -0.374 e. The number of para-hydroxylation sites is 2. The lowest BCUT2D eigenvalue weighted by molar-refractivity contribution is -0.122. The highest BCUT2D eigenvalue weighted by Gasteiger charge is 2.23. The van der Waals surface area contributed by atoms with Crippen molar-refractivity contribution >= 4 is 46.4 Å². The second-order valence-electron chi connectivity index (χ2n) is 6.76. The molecule has 152 valence electrons. The second kappa shape index (κ2) is 9.43. The summed E-state index contributed by atoms with van der Waals surface area (Å²) in [5, 5.41) is 8.91. The van der Waals surface area contributed by atoms with Crippen LogP contribution in [0.5, 0.6) is 0 Å². The van der Waals surface area contributed by atoms with Crippen LogP contribution in [0.1, 0.15) is 18.4 Å². The average molecular weight is 415 g/mol. The van der Waals surface area contributed by atoms with Gasteiger partial charge in [0.05, 0.1) is 24.5 Å². The van der Waals surface area contributed by atoms with Gasteiger partial charge in [0.2, 0.25) is 17.7 Å². The highest BCUT2D eigenvalue weighted by atomic mass is 35.5. The van der Waals surface area contributed by atoms with Crippen molar-refractivity contribution in [1.82, 2.24) is 5.32 Å². The Kier molecular flexibility index (Phi) is 6.72. The van der Waals surface area contributed by atoms with E-state index in [0.29, 0.717) is 29.4 Å². The minimum absolute atomic E-state index is 0.0114. The zero-order valence-corrected chi connectivity index (χ0v) is 16.9. The van der Waals surface area contributed by atoms with E-state index in [-0.39, 0.29) is 30.8 Å². The van der Waals surface area contributed by atoms with Gasteiger partial charge in [-0.2, -0.15) is 0 Å². The topological polar surface area (TPSA) is 90.5 Å². The van der Waals surface area contributed by atoms with Gasteiger partial charge in [-0.15, -0.1) is 0 Å². The molecule has 2 aromatic carbocycles. The molecule has 29 heavy (non-hydrogen) atoms. The number of hydrogen-bond donors (Lipinski definition) is 3. The molecule has 7 nitrogen and oxygen atoms in total. The summed E-state index contributed by atoms with van der Waals surface area (Å²) in [6.45, 7) is 2.32. The lowest BCUT2D eigenvalue weighted by Crippen LogP contribution is -2.36. The smallest absolute Gasteiger partial charge is 0.243 e. The fourth-order valence-corrected chi connectivity index (χ4v) is 3.29. The lowest BCUT2D eigenvalue weighted by atomic mass is 10.2. The predicted octanol–water partition coefficient (Wildman–Crippen LogP) is 2.94. The Bertz CT molecular complexity index is 932. The maximum atomic E-state index is 12.1. The van der Waals surface area contributed by atoms with Crippen molar-refractivity contribution < 1.29 is 14.4 Å². The van der Waals surface area contributed by atoms with Crippen LogP contribution in [0.4, 0.5) is 17.1 Å². The van der Waals surface area contributed by atoms with E-state index in [0.717, 1.165) is 17.7 Å². The quantitative estimate of drug-likeness (QED) is 0.649.